The Balaban J connectivity index is 2.32. The van der Waals surface area contributed by atoms with Gasteiger partial charge in [0.05, 0.1) is 13.5 Å². The molecule has 0 heterocycles. The van der Waals surface area contributed by atoms with Crippen molar-refractivity contribution < 1.29 is 14.3 Å². The molecule has 0 saturated carbocycles. The number of aryl methyl sites for hydroxylation is 1. The largest absolute Gasteiger partial charge is 0.497 e. The van der Waals surface area contributed by atoms with Crippen LogP contribution in [-0.4, -0.2) is 35.4 Å². The van der Waals surface area contributed by atoms with Gasteiger partial charge >= 0.3 is 0 Å². The maximum atomic E-state index is 13.4. The van der Waals surface area contributed by atoms with Crippen LogP contribution in [0.2, 0.25) is 0 Å². The fourth-order valence-electron chi connectivity index (χ4n) is 3.37. The van der Waals surface area contributed by atoms with Gasteiger partial charge in [-0.25, -0.2) is 0 Å². The monoisotopic (exact) mass is 410 g/mol. The van der Waals surface area contributed by atoms with Crippen LogP contribution >= 0.6 is 0 Å². The number of rotatable bonds is 8. The van der Waals surface area contributed by atoms with Crippen molar-refractivity contribution >= 4 is 11.8 Å². The van der Waals surface area contributed by atoms with Crippen LogP contribution in [0.3, 0.4) is 0 Å². The van der Waals surface area contributed by atoms with Crippen molar-refractivity contribution in [3.8, 4) is 5.75 Å². The number of nitrogens with one attached hydrogen (secondary N) is 1. The van der Waals surface area contributed by atoms with Crippen molar-refractivity contribution in [2.45, 2.75) is 65.6 Å². The molecule has 0 saturated heterocycles. The summed E-state index contributed by atoms with van der Waals surface area (Å²) in [5.41, 5.74) is 2.64. The maximum Gasteiger partial charge on any atom is 0.243 e. The van der Waals surface area contributed by atoms with Crippen molar-refractivity contribution in [2.75, 3.05) is 7.11 Å². The van der Waals surface area contributed by atoms with Crippen LogP contribution in [0.25, 0.3) is 0 Å². The first kappa shape index (κ1) is 23.5. The zero-order chi connectivity index (χ0) is 22.3. The lowest BCUT2D eigenvalue weighted by molar-refractivity contribution is -0.141. The van der Waals surface area contributed by atoms with E-state index in [1.165, 1.54) is 0 Å². The number of methoxy groups -OCH3 is 1. The van der Waals surface area contributed by atoms with Crippen LogP contribution in [0.15, 0.2) is 48.5 Å². The van der Waals surface area contributed by atoms with Gasteiger partial charge in [0.15, 0.2) is 0 Å². The molecule has 2 aromatic carbocycles. The Hall–Kier alpha value is -2.82. The highest BCUT2D eigenvalue weighted by Crippen LogP contribution is 2.19. The molecule has 5 nitrogen and oxygen atoms in total. The van der Waals surface area contributed by atoms with Crippen LogP contribution in [-0.2, 0) is 22.6 Å². The van der Waals surface area contributed by atoms with Gasteiger partial charge in [-0.1, -0.05) is 43.3 Å². The summed E-state index contributed by atoms with van der Waals surface area (Å²) in [5.74, 6) is 0.571. The summed E-state index contributed by atoms with van der Waals surface area (Å²) in [4.78, 5) is 28.1. The SMILES string of the molecule is CC[C@@H](C(=O)NC(C)(C)C)N(Cc1ccc(OC)cc1)C(=O)Cc1ccccc1C. The second-order valence-corrected chi connectivity index (χ2v) is 8.64. The number of carbonyl (C=O) groups excluding carboxylic acids is 2. The number of hydrogen-bond donors (Lipinski definition) is 1. The lowest BCUT2D eigenvalue weighted by Crippen LogP contribution is -2.53. The Labute approximate surface area is 180 Å². The van der Waals surface area contributed by atoms with Gasteiger partial charge in [0.25, 0.3) is 0 Å². The van der Waals surface area contributed by atoms with Crippen LogP contribution in [0, 0.1) is 6.92 Å². The highest BCUT2D eigenvalue weighted by molar-refractivity contribution is 5.89. The predicted octanol–water partition coefficient (Wildman–Crippen LogP) is 4.27. The molecule has 0 bridgehead atoms. The van der Waals surface area contributed by atoms with Gasteiger partial charge in [-0.2, -0.15) is 0 Å². The Morgan fingerprint density at radius 2 is 1.70 bits per heavy atom. The van der Waals surface area contributed by atoms with Gasteiger partial charge in [-0.15, -0.1) is 0 Å². The zero-order valence-electron chi connectivity index (χ0n) is 19.0. The first-order chi connectivity index (χ1) is 14.1. The number of ether oxygens (including phenoxy) is 1. The normalized spacial score (nSPS) is 12.2. The third kappa shape index (κ3) is 6.61. The summed E-state index contributed by atoms with van der Waals surface area (Å²) >= 11 is 0. The molecular formula is C25H34N2O3. The second kappa shape index (κ2) is 10.3. The van der Waals surface area contributed by atoms with Gasteiger partial charge in [0, 0.05) is 12.1 Å². The molecule has 1 N–H and O–H groups in total. The third-order valence-corrected chi connectivity index (χ3v) is 5.00. The number of nitrogens with zero attached hydrogens (tertiary/aromatic N) is 1. The van der Waals surface area contributed by atoms with E-state index < -0.39 is 6.04 Å². The van der Waals surface area contributed by atoms with Gasteiger partial charge in [0.1, 0.15) is 11.8 Å². The summed E-state index contributed by atoms with van der Waals surface area (Å²) < 4.78 is 5.23. The highest BCUT2D eigenvalue weighted by atomic mass is 16.5. The summed E-state index contributed by atoms with van der Waals surface area (Å²) in [5, 5.41) is 3.03. The van der Waals surface area contributed by atoms with Crippen molar-refractivity contribution in [1.82, 2.24) is 10.2 Å². The summed E-state index contributed by atoms with van der Waals surface area (Å²) in [6, 6.07) is 14.9. The number of amides is 2. The molecule has 0 spiro atoms. The number of hydrogen-bond acceptors (Lipinski definition) is 3. The molecule has 5 heteroatoms. The minimum absolute atomic E-state index is 0.0592. The Morgan fingerprint density at radius 1 is 1.07 bits per heavy atom. The summed E-state index contributed by atoms with van der Waals surface area (Å²) in [6.07, 6.45) is 0.805. The maximum absolute atomic E-state index is 13.4. The smallest absolute Gasteiger partial charge is 0.243 e. The van der Waals surface area contributed by atoms with Crippen LogP contribution in [0.1, 0.15) is 50.8 Å². The molecule has 1 atom stereocenters. The number of carbonyl (C=O) groups is 2. The second-order valence-electron chi connectivity index (χ2n) is 8.64. The third-order valence-electron chi connectivity index (χ3n) is 5.00. The van der Waals surface area contributed by atoms with Crippen LogP contribution in [0.4, 0.5) is 0 Å². The molecule has 162 valence electrons. The summed E-state index contributed by atoms with van der Waals surface area (Å²) in [6.45, 7) is 10.1. The predicted molar refractivity (Wildman–Crippen MR) is 120 cm³/mol. The summed E-state index contributed by atoms with van der Waals surface area (Å²) in [7, 11) is 1.62. The molecule has 0 fully saturated rings. The Morgan fingerprint density at radius 3 is 2.23 bits per heavy atom. The van der Waals surface area contributed by atoms with Gasteiger partial charge in [-0.3, -0.25) is 9.59 Å². The van der Waals surface area contributed by atoms with E-state index >= 15 is 0 Å². The van der Waals surface area contributed by atoms with Crippen LogP contribution < -0.4 is 10.1 Å². The standard InChI is InChI=1S/C25H34N2O3/c1-7-22(24(29)26-25(3,4)5)27(17-19-12-14-21(30-6)15-13-19)23(28)16-20-11-9-8-10-18(20)2/h8-15,22H,7,16-17H2,1-6H3,(H,26,29)/t22-/m0/s1. The van der Waals surface area contributed by atoms with Crippen LogP contribution in [0.5, 0.6) is 5.75 Å². The van der Waals surface area contributed by atoms with E-state index in [4.69, 9.17) is 4.74 Å². The molecule has 0 unspecified atom stereocenters. The molecule has 0 aliphatic rings. The fourth-order valence-corrected chi connectivity index (χ4v) is 3.37. The average molecular weight is 411 g/mol. The minimum atomic E-state index is -0.539. The highest BCUT2D eigenvalue weighted by Gasteiger charge is 2.30. The first-order valence-corrected chi connectivity index (χ1v) is 10.4. The molecule has 0 aliphatic heterocycles. The molecule has 0 aromatic heterocycles. The van der Waals surface area contributed by atoms with Gasteiger partial charge < -0.3 is 15.0 Å². The van der Waals surface area contributed by atoms with Crippen molar-refractivity contribution in [3.05, 3.63) is 65.2 Å². The van der Waals surface area contributed by atoms with E-state index in [-0.39, 0.29) is 23.8 Å². The molecule has 2 aromatic rings. The lowest BCUT2D eigenvalue weighted by Gasteiger charge is -2.33. The van der Waals surface area contributed by atoms with E-state index in [2.05, 4.69) is 5.32 Å². The zero-order valence-corrected chi connectivity index (χ0v) is 19.0. The van der Waals surface area contributed by atoms with E-state index in [0.29, 0.717) is 13.0 Å². The molecule has 2 rings (SSSR count). The Kier molecular flexibility index (Phi) is 8.04. The molecular weight excluding hydrogens is 376 g/mol. The van der Waals surface area contributed by atoms with Crippen molar-refractivity contribution in [1.29, 1.82) is 0 Å². The first-order valence-electron chi connectivity index (χ1n) is 10.4. The topological polar surface area (TPSA) is 58.6 Å². The van der Waals surface area contributed by atoms with E-state index in [9.17, 15) is 9.59 Å². The van der Waals surface area contributed by atoms with E-state index in [1.54, 1.807) is 12.0 Å². The van der Waals surface area contributed by atoms with E-state index in [1.807, 2.05) is 83.1 Å². The van der Waals surface area contributed by atoms with Gasteiger partial charge in [-0.05, 0) is 62.9 Å². The molecule has 2 amide bonds. The van der Waals surface area contributed by atoms with Crippen molar-refractivity contribution in [3.63, 3.8) is 0 Å². The minimum Gasteiger partial charge on any atom is -0.497 e. The Bertz CT molecular complexity index is 853. The molecule has 0 radical (unpaired) electrons. The average Bonchev–Trinajstić information content (AvgIpc) is 2.68. The lowest BCUT2D eigenvalue weighted by atomic mass is 10.0. The fraction of sp³-hybridized carbons (Fsp3) is 0.440. The van der Waals surface area contributed by atoms with Gasteiger partial charge in [0.2, 0.25) is 11.8 Å². The van der Waals surface area contributed by atoms with E-state index in [0.717, 1.165) is 22.4 Å². The molecule has 0 aliphatic carbocycles. The van der Waals surface area contributed by atoms with Crippen molar-refractivity contribution in [2.24, 2.45) is 0 Å². The quantitative estimate of drug-likeness (QED) is 0.707. The number of benzene rings is 2. The molecule has 30 heavy (non-hydrogen) atoms.